The van der Waals surface area contributed by atoms with Crippen LogP contribution in [-0.4, -0.2) is 83.3 Å². The van der Waals surface area contributed by atoms with Crippen molar-refractivity contribution in [3.63, 3.8) is 0 Å². The van der Waals surface area contributed by atoms with Crippen LogP contribution in [0.3, 0.4) is 0 Å². The van der Waals surface area contributed by atoms with Crippen molar-refractivity contribution >= 4 is 11.0 Å². The molecule has 0 aliphatic carbocycles. The minimum absolute atomic E-state index is 0. The van der Waals surface area contributed by atoms with Gasteiger partial charge in [-0.25, -0.2) is 4.42 Å². The fraction of sp³-hybridized carbons (Fsp3) is 0.286. The summed E-state index contributed by atoms with van der Waals surface area (Å²) in [4.78, 5) is 0. The van der Waals surface area contributed by atoms with Gasteiger partial charge in [0, 0.05) is 24.3 Å². The summed E-state index contributed by atoms with van der Waals surface area (Å²) in [5.41, 5.74) is -0.0529. The van der Waals surface area contributed by atoms with E-state index in [4.69, 9.17) is 13.9 Å². The molecule has 0 bridgehead atoms. The molecule has 2 heterocycles. The molecular weight excluding hydrogens is 480 g/mol. The quantitative estimate of drug-likeness (QED) is 0.130. The van der Waals surface area contributed by atoms with Crippen LogP contribution in [0.2, 0.25) is 0 Å². The molecule has 13 heteroatoms. The number of aliphatic hydroxyl groups excluding tert-OH is 4. The van der Waals surface area contributed by atoms with Crippen LogP contribution in [0, 0.1) is 0 Å². The van der Waals surface area contributed by atoms with Crippen LogP contribution in [0.5, 0.6) is 34.5 Å². The summed E-state index contributed by atoms with van der Waals surface area (Å²) in [6, 6.07) is 5.51. The topological polar surface area (TPSA) is 212 Å². The zero-order chi connectivity index (χ0) is 24.0. The summed E-state index contributed by atoms with van der Waals surface area (Å²) in [5.74, 6) is -3.32. The minimum atomic E-state index is -1.76. The highest BCUT2D eigenvalue weighted by atomic mass is 35.5. The summed E-state index contributed by atoms with van der Waals surface area (Å²) in [6.45, 7) is -0.695. The Morgan fingerprint density at radius 3 is 2.09 bits per heavy atom. The Bertz CT molecular complexity index is 1180. The number of fused-ring (bicyclic) bond motifs is 1. The molecule has 0 amide bonds. The van der Waals surface area contributed by atoms with Gasteiger partial charge in [-0.15, -0.1) is 0 Å². The largest absolute Gasteiger partial charge is 1.00 e. The summed E-state index contributed by atoms with van der Waals surface area (Å²) in [5, 5.41) is 89.2. The Morgan fingerprint density at radius 1 is 0.824 bits per heavy atom. The smallest absolute Gasteiger partial charge is 0.402 e. The van der Waals surface area contributed by atoms with Crippen LogP contribution < -0.4 is 17.1 Å². The van der Waals surface area contributed by atoms with Crippen LogP contribution in [0.4, 0.5) is 0 Å². The molecule has 12 nitrogen and oxygen atoms in total. The van der Waals surface area contributed by atoms with Crippen molar-refractivity contribution in [2.24, 2.45) is 0 Å². The van der Waals surface area contributed by atoms with Gasteiger partial charge in [0.25, 0.3) is 0 Å². The first-order valence-corrected chi connectivity index (χ1v) is 9.66. The second-order valence-electron chi connectivity index (χ2n) is 7.49. The lowest BCUT2D eigenvalue weighted by atomic mass is 9.99. The molecule has 1 aliphatic heterocycles. The average Bonchev–Trinajstić information content (AvgIpc) is 2.77. The maximum atomic E-state index is 10.3. The number of phenols is 5. The Balaban J connectivity index is 0.00000324. The lowest BCUT2D eigenvalue weighted by molar-refractivity contribution is -0.277. The number of ether oxygens (including phenoxy) is 2. The number of halogens is 1. The maximum absolute atomic E-state index is 10.3. The van der Waals surface area contributed by atoms with E-state index in [2.05, 4.69) is 0 Å². The first-order valence-electron chi connectivity index (χ1n) is 9.66. The summed E-state index contributed by atoms with van der Waals surface area (Å²) in [6.07, 6.45) is -7.99. The second kappa shape index (κ2) is 9.54. The van der Waals surface area contributed by atoms with E-state index >= 15 is 0 Å². The molecule has 1 aliphatic rings. The number of benzene rings is 2. The first kappa shape index (κ1) is 25.4. The first-order chi connectivity index (χ1) is 15.6. The number of phenolic OH excluding ortho intramolecular Hbond substituents is 5. The van der Waals surface area contributed by atoms with E-state index in [1.54, 1.807) is 0 Å². The van der Waals surface area contributed by atoms with E-state index in [1.165, 1.54) is 12.1 Å². The van der Waals surface area contributed by atoms with Gasteiger partial charge in [-0.1, -0.05) is 0 Å². The Morgan fingerprint density at radius 2 is 1.47 bits per heavy atom. The summed E-state index contributed by atoms with van der Waals surface area (Å²) in [7, 11) is 0. The van der Waals surface area contributed by atoms with Crippen molar-refractivity contribution in [1.82, 2.24) is 0 Å². The Hall–Kier alpha value is -3.26. The molecule has 3 aromatic rings. The zero-order valence-electron chi connectivity index (χ0n) is 17.1. The number of rotatable bonds is 4. The molecule has 184 valence electrons. The SMILES string of the molecule is OCC1O[C@@H](Oc2cc3c(O)cc(O)cc3[o+]c2-c2cc(O)c(O)c(O)c2)[C@@H](O)C(O)[C@@H]1O.[Cl-]. The van der Waals surface area contributed by atoms with Crippen molar-refractivity contribution in [3.8, 4) is 45.8 Å². The Labute approximate surface area is 197 Å². The number of aromatic hydroxyl groups is 5. The van der Waals surface area contributed by atoms with Gasteiger partial charge in [-0.05, 0) is 0 Å². The molecule has 4 rings (SSSR count). The number of aliphatic hydroxyl groups is 4. The highest BCUT2D eigenvalue weighted by Crippen LogP contribution is 2.44. The molecule has 0 spiro atoms. The average molecular weight is 501 g/mol. The third-order valence-electron chi connectivity index (χ3n) is 5.24. The molecule has 9 N–H and O–H groups in total. The molecule has 1 aromatic heterocycles. The fourth-order valence-electron chi connectivity index (χ4n) is 3.50. The van der Waals surface area contributed by atoms with Crippen LogP contribution in [0.15, 0.2) is 34.7 Å². The van der Waals surface area contributed by atoms with Crippen molar-refractivity contribution < 1.29 is 72.3 Å². The molecular formula is C21H21ClO12. The molecule has 2 aromatic carbocycles. The monoisotopic (exact) mass is 500 g/mol. The van der Waals surface area contributed by atoms with E-state index in [9.17, 15) is 46.0 Å². The van der Waals surface area contributed by atoms with E-state index in [1.807, 2.05) is 0 Å². The van der Waals surface area contributed by atoms with Crippen molar-refractivity contribution in [3.05, 3.63) is 30.3 Å². The highest BCUT2D eigenvalue weighted by Gasteiger charge is 2.45. The van der Waals surface area contributed by atoms with Crippen LogP contribution in [0.1, 0.15) is 0 Å². The summed E-state index contributed by atoms with van der Waals surface area (Å²) < 4.78 is 16.7. The third kappa shape index (κ3) is 4.42. The minimum Gasteiger partial charge on any atom is -1.00 e. The van der Waals surface area contributed by atoms with Crippen molar-refractivity contribution in [1.29, 1.82) is 0 Å². The number of hydrogen-bond acceptors (Lipinski definition) is 11. The lowest BCUT2D eigenvalue weighted by Gasteiger charge is -2.39. The molecule has 1 fully saturated rings. The molecule has 5 atom stereocenters. The van der Waals surface area contributed by atoms with Crippen LogP contribution >= 0.6 is 0 Å². The molecule has 34 heavy (non-hydrogen) atoms. The molecule has 0 radical (unpaired) electrons. The highest BCUT2D eigenvalue weighted by molar-refractivity contribution is 5.88. The van der Waals surface area contributed by atoms with Gasteiger partial charge in [0.05, 0.1) is 18.2 Å². The van der Waals surface area contributed by atoms with Gasteiger partial charge in [0.15, 0.2) is 17.2 Å². The van der Waals surface area contributed by atoms with E-state index in [0.29, 0.717) is 0 Å². The maximum Gasteiger partial charge on any atom is 0.402 e. The van der Waals surface area contributed by atoms with Gasteiger partial charge in [0.2, 0.25) is 12.0 Å². The molecule has 1 saturated heterocycles. The molecule has 0 saturated carbocycles. The normalized spacial score (nSPS) is 24.5. The van der Waals surface area contributed by atoms with E-state index in [0.717, 1.165) is 18.2 Å². The number of hydrogen-bond donors (Lipinski definition) is 9. The van der Waals surface area contributed by atoms with Gasteiger partial charge in [-0.2, -0.15) is 0 Å². The van der Waals surface area contributed by atoms with Crippen LogP contribution in [0.25, 0.3) is 22.3 Å². The van der Waals surface area contributed by atoms with Gasteiger partial charge < -0.3 is 67.8 Å². The molecule has 2 unspecified atom stereocenters. The lowest BCUT2D eigenvalue weighted by Crippen LogP contribution is -3.00. The Kier molecular flexibility index (Phi) is 7.12. The predicted octanol–water partition coefficient (Wildman–Crippen LogP) is -2.91. The van der Waals surface area contributed by atoms with Gasteiger partial charge in [0.1, 0.15) is 41.3 Å². The third-order valence-corrected chi connectivity index (χ3v) is 5.24. The van der Waals surface area contributed by atoms with Gasteiger partial charge >= 0.3 is 11.3 Å². The van der Waals surface area contributed by atoms with E-state index < -0.39 is 60.3 Å². The summed E-state index contributed by atoms with van der Waals surface area (Å²) >= 11 is 0. The zero-order valence-corrected chi connectivity index (χ0v) is 17.9. The fourth-order valence-corrected chi connectivity index (χ4v) is 3.50. The van der Waals surface area contributed by atoms with Crippen molar-refractivity contribution in [2.45, 2.75) is 30.7 Å². The van der Waals surface area contributed by atoms with Crippen LogP contribution in [-0.2, 0) is 4.74 Å². The predicted molar refractivity (Wildman–Crippen MR) is 109 cm³/mol. The van der Waals surface area contributed by atoms with Gasteiger partial charge in [-0.3, -0.25) is 0 Å². The van der Waals surface area contributed by atoms with Crippen molar-refractivity contribution in [2.75, 3.05) is 6.61 Å². The second-order valence-corrected chi connectivity index (χ2v) is 7.49. The standard InChI is InChI=1S/C21H20O12.ClH/c22-6-15-17(28)18(29)19(30)21(33-15)32-14-5-9-10(24)3-8(23)4-13(9)31-20(14)7-1-11(25)16(27)12(26)2-7;/h1-5,15,17-19,21-22,28-30H,6H2,(H4-,23,24,25,26,27);1H/t15?,17-,18?,19+,21-;/m1./s1. The van der Waals surface area contributed by atoms with E-state index in [-0.39, 0.29) is 46.2 Å².